The average molecular weight is 267 g/mol. The molecular formula is C13H15ClN2O2. The molecule has 4 N–H and O–H groups in total. The second kappa shape index (κ2) is 5.44. The summed E-state index contributed by atoms with van der Waals surface area (Å²) in [5.74, 6) is 2.00. The number of methoxy groups -OCH3 is 1. The predicted molar refractivity (Wildman–Crippen MR) is 71.7 cm³/mol. The Bertz CT molecular complexity index is 540. The zero-order valence-corrected chi connectivity index (χ0v) is 10.8. The Kier molecular flexibility index (Phi) is 3.91. The van der Waals surface area contributed by atoms with Gasteiger partial charge in [0.05, 0.1) is 18.2 Å². The van der Waals surface area contributed by atoms with Gasteiger partial charge in [0.2, 0.25) is 0 Å². The SMILES string of the molecule is COc1ccc(-c2ccc(C(N)CN)o2)cc1Cl. The third kappa shape index (κ3) is 2.51. The van der Waals surface area contributed by atoms with Gasteiger partial charge in [0.1, 0.15) is 17.3 Å². The predicted octanol–water partition coefficient (Wildman–Crippen LogP) is 2.57. The minimum Gasteiger partial charge on any atom is -0.495 e. The first-order valence-corrected chi connectivity index (χ1v) is 5.92. The van der Waals surface area contributed by atoms with Crippen molar-refractivity contribution < 1.29 is 9.15 Å². The van der Waals surface area contributed by atoms with Gasteiger partial charge >= 0.3 is 0 Å². The zero-order valence-electron chi connectivity index (χ0n) is 10.0. The molecule has 0 aliphatic carbocycles. The summed E-state index contributed by atoms with van der Waals surface area (Å²) in [5, 5.41) is 0.538. The second-order valence-electron chi connectivity index (χ2n) is 3.89. The number of hydrogen-bond acceptors (Lipinski definition) is 4. The largest absolute Gasteiger partial charge is 0.495 e. The number of hydrogen-bond donors (Lipinski definition) is 2. The summed E-state index contributed by atoms with van der Waals surface area (Å²) in [5.41, 5.74) is 12.2. The van der Waals surface area contributed by atoms with Crippen molar-refractivity contribution in [3.63, 3.8) is 0 Å². The molecule has 0 aliphatic rings. The average Bonchev–Trinajstić information content (AvgIpc) is 2.87. The van der Waals surface area contributed by atoms with E-state index in [0.717, 1.165) is 5.56 Å². The lowest BCUT2D eigenvalue weighted by Crippen LogP contribution is -2.19. The quantitative estimate of drug-likeness (QED) is 0.892. The summed E-state index contributed by atoms with van der Waals surface area (Å²) in [6, 6.07) is 8.85. The van der Waals surface area contributed by atoms with Crippen molar-refractivity contribution in [2.75, 3.05) is 13.7 Å². The molecule has 0 bridgehead atoms. The molecule has 0 fully saturated rings. The third-order valence-electron chi connectivity index (χ3n) is 2.68. The van der Waals surface area contributed by atoms with Crippen LogP contribution in [0.4, 0.5) is 0 Å². The summed E-state index contributed by atoms with van der Waals surface area (Å²) in [6.07, 6.45) is 0. The first-order chi connectivity index (χ1) is 8.65. The smallest absolute Gasteiger partial charge is 0.137 e. The molecule has 2 rings (SSSR count). The molecule has 0 aliphatic heterocycles. The molecule has 0 amide bonds. The molecule has 1 heterocycles. The van der Waals surface area contributed by atoms with Crippen LogP contribution in [0.25, 0.3) is 11.3 Å². The number of benzene rings is 1. The Hall–Kier alpha value is -1.49. The molecular weight excluding hydrogens is 252 g/mol. The highest BCUT2D eigenvalue weighted by atomic mass is 35.5. The number of nitrogens with two attached hydrogens (primary N) is 2. The van der Waals surface area contributed by atoms with Crippen molar-refractivity contribution in [1.82, 2.24) is 0 Å². The summed E-state index contributed by atoms with van der Waals surface area (Å²) in [6.45, 7) is 0.344. The molecule has 1 aromatic heterocycles. The number of ether oxygens (including phenoxy) is 1. The molecule has 0 radical (unpaired) electrons. The van der Waals surface area contributed by atoms with E-state index in [1.807, 2.05) is 18.2 Å². The lowest BCUT2D eigenvalue weighted by Gasteiger charge is -2.05. The van der Waals surface area contributed by atoms with Gasteiger partial charge in [0.15, 0.2) is 0 Å². The van der Waals surface area contributed by atoms with E-state index in [2.05, 4.69) is 0 Å². The summed E-state index contributed by atoms with van der Waals surface area (Å²) in [7, 11) is 1.58. The van der Waals surface area contributed by atoms with E-state index in [4.69, 9.17) is 32.2 Å². The van der Waals surface area contributed by atoms with Crippen molar-refractivity contribution in [3.8, 4) is 17.1 Å². The third-order valence-corrected chi connectivity index (χ3v) is 2.98. The maximum atomic E-state index is 6.06. The standard InChI is InChI=1S/C13H15ClN2O2/c1-17-12-3-2-8(6-9(12)14)11-4-5-13(18-11)10(16)7-15/h2-6,10H,7,15-16H2,1H3. The molecule has 0 saturated heterocycles. The second-order valence-corrected chi connectivity index (χ2v) is 4.30. The highest BCUT2D eigenvalue weighted by Crippen LogP contribution is 2.31. The van der Waals surface area contributed by atoms with Gasteiger partial charge in [-0.05, 0) is 30.3 Å². The van der Waals surface area contributed by atoms with Crippen LogP contribution in [-0.4, -0.2) is 13.7 Å². The Morgan fingerprint density at radius 2 is 2.11 bits per heavy atom. The number of rotatable bonds is 4. The van der Waals surface area contributed by atoms with Gasteiger partial charge in [-0.15, -0.1) is 0 Å². The molecule has 1 unspecified atom stereocenters. The molecule has 4 nitrogen and oxygen atoms in total. The van der Waals surface area contributed by atoms with E-state index in [0.29, 0.717) is 28.8 Å². The number of halogens is 1. The molecule has 0 saturated carbocycles. The Labute approximate surface area is 110 Å². The van der Waals surface area contributed by atoms with E-state index in [9.17, 15) is 0 Å². The molecule has 18 heavy (non-hydrogen) atoms. The fourth-order valence-electron chi connectivity index (χ4n) is 1.64. The van der Waals surface area contributed by atoms with Crippen LogP contribution in [0.1, 0.15) is 11.8 Å². The van der Waals surface area contributed by atoms with Crippen molar-refractivity contribution in [1.29, 1.82) is 0 Å². The van der Waals surface area contributed by atoms with E-state index < -0.39 is 0 Å². The highest BCUT2D eigenvalue weighted by molar-refractivity contribution is 6.32. The minimum atomic E-state index is -0.285. The van der Waals surface area contributed by atoms with E-state index >= 15 is 0 Å². The first kappa shape index (κ1) is 13.0. The van der Waals surface area contributed by atoms with Crippen LogP contribution in [0.5, 0.6) is 5.75 Å². The summed E-state index contributed by atoms with van der Waals surface area (Å²) >= 11 is 6.06. The van der Waals surface area contributed by atoms with Gasteiger partial charge in [0, 0.05) is 12.1 Å². The Balaban J connectivity index is 2.31. The van der Waals surface area contributed by atoms with Gasteiger partial charge in [-0.3, -0.25) is 0 Å². The molecule has 2 aromatic rings. The van der Waals surface area contributed by atoms with Gasteiger partial charge in [0.25, 0.3) is 0 Å². The van der Waals surface area contributed by atoms with Gasteiger partial charge in [-0.25, -0.2) is 0 Å². The first-order valence-electron chi connectivity index (χ1n) is 5.55. The van der Waals surface area contributed by atoms with Crippen molar-refractivity contribution in [2.45, 2.75) is 6.04 Å². The number of furan rings is 1. The molecule has 96 valence electrons. The van der Waals surface area contributed by atoms with E-state index in [1.165, 1.54) is 0 Å². The lowest BCUT2D eigenvalue weighted by atomic mass is 10.1. The van der Waals surface area contributed by atoms with Crippen LogP contribution >= 0.6 is 11.6 Å². The molecule has 1 atom stereocenters. The van der Waals surface area contributed by atoms with Crippen LogP contribution in [0.15, 0.2) is 34.7 Å². The van der Waals surface area contributed by atoms with Gasteiger partial charge in [-0.1, -0.05) is 11.6 Å². The van der Waals surface area contributed by atoms with Crippen LogP contribution in [0.3, 0.4) is 0 Å². The minimum absolute atomic E-state index is 0.285. The maximum Gasteiger partial charge on any atom is 0.137 e. The van der Waals surface area contributed by atoms with Gasteiger partial charge in [-0.2, -0.15) is 0 Å². The van der Waals surface area contributed by atoms with E-state index in [-0.39, 0.29) is 6.04 Å². The fraction of sp³-hybridized carbons (Fsp3) is 0.231. The van der Waals surface area contributed by atoms with Crippen LogP contribution in [-0.2, 0) is 0 Å². The zero-order chi connectivity index (χ0) is 13.1. The van der Waals surface area contributed by atoms with E-state index in [1.54, 1.807) is 19.2 Å². The van der Waals surface area contributed by atoms with Crippen LogP contribution < -0.4 is 16.2 Å². The molecule has 5 heteroatoms. The Morgan fingerprint density at radius 3 is 2.72 bits per heavy atom. The molecule has 0 spiro atoms. The Morgan fingerprint density at radius 1 is 1.33 bits per heavy atom. The summed E-state index contributed by atoms with van der Waals surface area (Å²) < 4.78 is 10.7. The maximum absolute atomic E-state index is 6.06. The van der Waals surface area contributed by atoms with Crippen molar-refractivity contribution in [3.05, 3.63) is 41.1 Å². The fourth-order valence-corrected chi connectivity index (χ4v) is 1.90. The summed E-state index contributed by atoms with van der Waals surface area (Å²) in [4.78, 5) is 0. The van der Waals surface area contributed by atoms with Gasteiger partial charge < -0.3 is 20.6 Å². The van der Waals surface area contributed by atoms with Crippen molar-refractivity contribution >= 4 is 11.6 Å². The van der Waals surface area contributed by atoms with Crippen LogP contribution in [0.2, 0.25) is 5.02 Å². The van der Waals surface area contributed by atoms with Crippen molar-refractivity contribution in [2.24, 2.45) is 11.5 Å². The normalized spacial score (nSPS) is 12.4. The highest BCUT2D eigenvalue weighted by Gasteiger charge is 2.11. The monoisotopic (exact) mass is 266 g/mol. The van der Waals surface area contributed by atoms with Crippen LogP contribution in [0, 0.1) is 0 Å². The lowest BCUT2D eigenvalue weighted by molar-refractivity contribution is 0.415. The topological polar surface area (TPSA) is 74.4 Å². The molecule has 1 aromatic carbocycles.